The summed E-state index contributed by atoms with van der Waals surface area (Å²) in [5.74, 6) is 0.251. The monoisotopic (exact) mass is 478 g/mol. The Morgan fingerprint density at radius 1 is 0.889 bits per heavy atom. The number of halogens is 1. The van der Waals surface area contributed by atoms with Gasteiger partial charge in [0.15, 0.2) is 11.5 Å². The van der Waals surface area contributed by atoms with Crippen molar-refractivity contribution in [2.45, 2.75) is 13.5 Å². The SMILES string of the molecule is Cc1cc(F)cc(-c2nccc3[nH]c(-c4n[nH]c5ccc(-c6cncc(CN(C)C)c6)nc45)nc23)c1. The molecule has 0 saturated carbocycles. The van der Waals surface area contributed by atoms with Crippen LogP contribution in [0.2, 0.25) is 0 Å². The van der Waals surface area contributed by atoms with Gasteiger partial charge in [-0.05, 0) is 74.6 Å². The molecule has 8 nitrogen and oxygen atoms in total. The molecule has 6 aromatic rings. The lowest BCUT2D eigenvalue weighted by atomic mass is 10.1. The van der Waals surface area contributed by atoms with E-state index in [1.807, 2.05) is 57.7 Å². The number of nitrogens with one attached hydrogen (secondary N) is 2. The molecule has 1 aromatic carbocycles. The fourth-order valence-corrected chi connectivity index (χ4v) is 4.44. The van der Waals surface area contributed by atoms with E-state index in [-0.39, 0.29) is 5.82 Å². The van der Waals surface area contributed by atoms with Crippen LogP contribution in [0.25, 0.3) is 56.1 Å². The lowest BCUT2D eigenvalue weighted by Gasteiger charge is -2.10. The van der Waals surface area contributed by atoms with Crippen molar-refractivity contribution in [1.82, 2.24) is 40.0 Å². The van der Waals surface area contributed by atoms with E-state index < -0.39 is 0 Å². The molecule has 5 aromatic heterocycles. The van der Waals surface area contributed by atoms with Gasteiger partial charge in [-0.25, -0.2) is 14.4 Å². The van der Waals surface area contributed by atoms with Crippen molar-refractivity contribution >= 4 is 22.1 Å². The Morgan fingerprint density at radius 3 is 2.58 bits per heavy atom. The zero-order valence-corrected chi connectivity index (χ0v) is 20.0. The van der Waals surface area contributed by atoms with E-state index in [2.05, 4.69) is 36.1 Å². The number of aryl methyl sites for hydroxylation is 1. The van der Waals surface area contributed by atoms with E-state index in [9.17, 15) is 4.39 Å². The third-order valence-electron chi connectivity index (χ3n) is 5.94. The van der Waals surface area contributed by atoms with Crippen LogP contribution in [-0.4, -0.2) is 54.1 Å². The molecule has 9 heteroatoms. The third kappa shape index (κ3) is 3.99. The zero-order valence-electron chi connectivity index (χ0n) is 20.0. The Hall–Kier alpha value is -4.50. The lowest BCUT2D eigenvalue weighted by molar-refractivity contribution is 0.402. The maximum absolute atomic E-state index is 14.1. The first kappa shape index (κ1) is 22.0. The smallest absolute Gasteiger partial charge is 0.161 e. The molecular weight excluding hydrogens is 455 g/mol. The van der Waals surface area contributed by atoms with Gasteiger partial charge in [-0.3, -0.25) is 15.1 Å². The first-order valence-electron chi connectivity index (χ1n) is 11.5. The van der Waals surface area contributed by atoms with Crippen molar-refractivity contribution in [2.24, 2.45) is 0 Å². The molecule has 0 unspecified atom stereocenters. The highest BCUT2D eigenvalue weighted by atomic mass is 19.1. The number of nitrogens with zero attached hydrogens (tertiary/aromatic N) is 6. The molecule has 0 aliphatic carbocycles. The minimum atomic E-state index is -0.307. The Labute approximate surface area is 206 Å². The summed E-state index contributed by atoms with van der Waals surface area (Å²) in [6, 6.07) is 12.7. The number of hydrogen-bond acceptors (Lipinski definition) is 6. The highest BCUT2D eigenvalue weighted by Crippen LogP contribution is 2.31. The summed E-state index contributed by atoms with van der Waals surface area (Å²) in [5, 5.41) is 7.55. The van der Waals surface area contributed by atoms with Gasteiger partial charge in [0.2, 0.25) is 0 Å². The number of fused-ring (bicyclic) bond motifs is 2. The van der Waals surface area contributed by atoms with Crippen LogP contribution in [0.3, 0.4) is 0 Å². The molecule has 0 aliphatic heterocycles. The number of aromatic nitrogens is 7. The van der Waals surface area contributed by atoms with Crippen LogP contribution in [0, 0.1) is 12.7 Å². The van der Waals surface area contributed by atoms with Gasteiger partial charge >= 0.3 is 0 Å². The Morgan fingerprint density at radius 2 is 1.75 bits per heavy atom. The molecule has 0 radical (unpaired) electrons. The van der Waals surface area contributed by atoms with Crippen LogP contribution >= 0.6 is 0 Å². The summed E-state index contributed by atoms with van der Waals surface area (Å²) in [6.07, 6.45) is 5.37. The second-order valence-electron chi connectivity index (χ2n) is 9.14. The number of imidazole rings is 1. The summed E-state index contributed by atoms with van der Waals surface area (Å²) in [6.45, 7) is 2.65. The van der Waals surface area contributed by atoms with Gasteiger partial charge in [0.05, 0.1) is 22.4 Å². The molecule has 0 bridgehead atoms. The lowest BCUT2D eigenvalue weighted by Crippen LogP contribution is -2.10. The van der Waals surface area contributed by atoms with Gasteiger partial charge in [-0.2, -0.15) is 5.10 Å². The fraction of sp³-hybridized carbons (Fsp3) is 0.148. The zero-order chi connectivity index (χ0) is 24.8. The van der Waals surface area contributed by atoms with Crippen LogP contribution in [0.4, 0.5) is 4.39 Å². The number of aromatic amines is 2. The summed E-state index contributed by atoms with van der Waals surface area (Å²) in [4.78, 5) is 24.0. The second-order valence-corrected chi connectivity index (χ2v) is 9.14. The molecule has 5 heterocycles. The molecule has 2 N–H and O–H groups in total. The van der Waals surface area contributed by atoms with Gasteiger partial charge in [0.1, 0.15) is 16.9 Å². The number of benzene rings is 1. The second kappa shape index (κ2) is 8.62. The molecule has 36 heavy (non-hydrogen) atoms. The van der Waals surface area contributed by atoms with Crippen LogP contribution in [0.5, 0.6) is 0 Å². The van der Waals surface area contributed by atoms with Gasteiger partial charge in [0.25, 0.3) is 0 Å². The van der Waals surface area contributed by atoms with Crippen LogP contribution in [0.15, 0.2) is 61.1 Å². The van der Waals surface area contributed by atoms with Gasteiger partial charge in [0, 0.05) is 36.3 Å². The van der Waals surface area contributed by atoms with Crippen molar-refractivity contribution in [3.8, 4) is 34.0 Å². The Bertz CT molecular complexity index is 1710. The number of hydrogen-bond donors (Lipinski definition) is 2. The summed E-state index contributed by atoms with van der Waals surface area (Å²) in [5.41, 5.74) is 8.45. The fourth-order valence-electron chi connectivity index (χ4n) is 4.44. The molecule has 0 amide bonds. The van der Waals surface area contributed by atoms with E-state index in [0.717, 1.165) is 40.0 Å². The van der Waals surface area contributed by atoms with E-state index >= 15 is 0 Å². The van der Waals surface area contributed by atoms with Crippen molar-refractivity contribution in [3.05, 3.63) is 78.0 Å². The molecule has 178 valence electrons. The maximum Gasteiger partial charge on any atom is 0.161 e. The van der Waals surface area contributed by atoms with Crippen molar-refractivity contribution in [2.75, 3.05) is 14.1 Å². The first-order valence-corrected chi connectivity index (χ1v) is 11.5. The van der Waals surface area contributed by atoms with Gasteiger partial charge in [-0.1, -0.05) is 0 Å². The number of H-pyrrole nitrogens is 2. The first-order chi connectivity index (χ1) is 17.4. The predicted molar refractivity (Wildman–Crippen MR) is 138 cm³/mol. The normalized spacial score (nSPS) is 11.7. The number of rotatable bonds is 5. The van der Waals surface area contributed by atoms with E-state index in [0.29, 0.717) is 33.8 Å². The molecule has 6 rings (SSSR count). The van der Waals surface area contributed by atoms with Crippen LogP contribution in [0.1, 0.15) is 11.1 Å². The quantitative estimate of drug-likeness (QED) is 0.356. The topological polar surface area (TPSA) is 99.3 Å². The molecule has 0 saturated heterocycles. The van der Waals surface area contributed by atoms with E-state index in [4.69, 9.17) is 9.97 Å². The highest BCUT2D eigenvalue weighted by molar-refractivity contribution is 5.95. The van der Waals surface area contributed by atoms with Crippen LogP contribution in [-0.2, 0) is 6.54 Å². The summed E-state index contributed by atoms with van der Waals surface area (Å²) < 4.78 is 14.1. The molecular formula is C27H23FN8. The summed E-state index contributed by atoms with van der Waals surface area (Å²) in [7, 11) is 4.05. The van der Waals surface area contributed by atoms with Crippen molar-refractivity contribution in [3.63, 3.8) is 0 Å². The predicted octanol–water partition coefficient (Wildman–Crippen LogP) is 5.13. The molecule has 0 fully saturated rings. The minimum absolute atomic E-state index is 0.307. The van der Waals surface area contributed by atoms with Gasteiger partial charge in [-0.15, -0.1) is 0 Å². The van der Waals surface area contributed by atoms with Crippen LogP contribution < -0.4 is 0 Å². The van der Waals surface area contributed by atoms with Gasteiger partial charge < -0.3 is 9.88 Å². The highest BCUT2D eigenvalue weighted by Gasteiger charge is 2.18. The van der Waals surface area contributed by atoms with E-state index in [1.54, 1.807) is 6.20 Å². The number of pyridine rings is 3. The molecule has 0 atom stereocenters. The summed E-state index contributed by atoms with van der Waals surface area (Å²) >= 11 is 0. The van der Waals surface area contributed by atoms with E-state index in [1.165, 1.54) is 12.1 Å². The standard InChI is InChI=1S/C27H23FN8/c1-15-8-17(11-19(28)9-15)23-24-21(6-7-30-23)32-27(33-24)26-25-22(34-35-26)5-4-20(31-25)18-10-16(12-29-13-18)14-36(2)3/h4-13H,14H2,1-3H3,(H,32,33)(H,34,35). The largest absolute Gasteiger partial charge is 0.336 e. The minimum Gasteiger partial charge on any atom is -0.336 e. The average Bonchev–Trinajstić information content (AvgIpc) is 3.46. The maximum atomic E-state index is 14.1. The van der Waals surface area contributed by atoms with Crippen molar-refractivity contribution in [1.29, 1.82) is 0 Å². The third-order valence-corrected chi connectivity index (χ3v) is 5.94. The van der Waals surface area contributed by atoms with Crippen molar-refractivity contribution < 1.29 is 4.39 Å². The Kier molecular flexibility index (Phi) is 5.26. The Balaban J connectivity index is 1.45. The molecule has 0 aliphatic rings. The molecule has 0 spiro atoms. The average molecular weight is 479 g/mol.